The zero-order chi connectivity index (χ0) is 3.41. The van der Waals surface area contributed by atoms with Crippen molar-refractivity contribution in [1.82, 2.24) is 0 Å². The van der Waals surface area contributed by atoms with Gasteiger partial charge in [0.05, 0.1) is 0 Å². The second-order valence-corrected chi connectivity index (χ2v) is 0.690. The molecule has 0 spiro atoms. The minimum absolute atomic E-state index is 0.944. The van der Waals surface area contributed by atoms with Gasteiger partial charge in [-0.25, -0.2) is 4.91 Å². The highest BCUT2D eigenvalue weighted by Crippen LogP contribution is 1.61. The lowest BCUT2D eigenvalue weighted by molar-refractivity contribution is 1.83. The third kappa shape index (κ3) is 1.95. The molecule has 0 aromatic heterocycles. The lowest BCUT2D eigenvalue weighted by Crippen LogP contribution is -1.54. The molecule has 0 aliphatic rings. The molecule has 0 rings (SSSR count). The Morgan fingerprint density at radius 1 is 2.00 bits per heavy atom. The first kappa shape index (κ1) is 3.95. The molecule has 0 aliphatic carbocycles. The molecule has 0 N–H and O–H groups in total. The van der Waals surface area contributed by atoms with Gasteiger partial charge in [0.15, 0.2) is 0 Å². The minimum Gasteiger partial charge on any atom is -0.362 e. The number of rotatable bonds is 1. The Labute approximate surface area is 29.3 Å². The average Bonchev–Trinajstić information content (AvgIpc) is 1.37. The largest absolute Gasteiger partial charge is 0.362 e. The first-order valence-electron chi connectivity index (χ1n) is 1.01. The molecule has 0 amide bonds. The van der Waals surface area contributed by atoms with E-state index < -0.39 is 6.83 Å². The third-order valence-corrected chi connectivity index (χ3v) is 0.207. The smallest absolute Gasteiger partial charge is 0.211 e. The van der Waals surface area contributed by atoms with Gasteiger partial charge in [0.25, 0.3) is 0 Å². The summed E-state index contributed by atoms with van der Waals surface area (Å²) in [5.41, 5.74) is 0. The number of hydrogen-bond acceptors (Lipinski definition) is 2. The molecule has 0 fully saturated rings. The van der Waals surface area contributed by atoms with E-state index in [4.69, 9.17) is 16.4 Å². The Kier molecular flexibility index (Phi) is 2.92. The van der Waals surface area contributed by atoms with E-state index in [9.17, 15) is 0 Å². The van der Waals surface area contributed by atoms with Gasteiger partial charge in [-0.3, -0.25) is 5.09 Å². The minimum atomic E-state index is -0.944. The molecular formula is H2BClNO-. The summed E-state index contributed by atoms with van der Waals surface area (Å²) in [4.78, 5) is 8.85. The molecule has 0 radical (unpaired) electrons. The molecule has 0 atom stereocenters. The summed E-state index contributed by atoms with van der Waals surface area (Å²) in [5, 5.41) is 2.38. The highest BCUT2D eigenvalue weighted by Gasteiger charge is 1.46. The van der Waals surface area contributed by atoms with Gasteiger partial charge in [-0.1, -0.05) is 0 Å². The topological polar surface area (TPSA) is 29.4 Å². The maximum absolute atomic E-state index is 8.85. The Morgan fingerprint density at radius 2 is 2.25 bits per heavy atom. The molecule has 4 heteroatoms. The normalized spacial score (nSPS) is 6.25. The quantitative estimate of drug-likeness (QED) is 0.320. The monoisotopic (exact) mass is 78.0 g/mol. The van der Waals surface area contributed by atoms with Crippen molar-refractivity contribution in [3.8, 4) is 0 Å². The van der Waals surface area contributed by atoms with Crippen LogP contribution in [0.3, 0.4) is 0 Å². The molecule has 0 bridgehead atoms. The van der Waals surface area contributed by atoms with Crippen LogP contribution in [0.5, 0.6) is 0 Å². The van der Waals surface area contributed by atoms with Crippen molar-refractivity contribution < 1.29 is 0 Å². The van der Waals surface area contributed by atoms with E-state index in [2.05, 4.69) is 5.09 Å². The molecule has 0 aliphatic heterocycles. The third-order valence-electron chi connectivity index (χ3n) is 0.0690. The molecule has 24 valence electrons. The van der Waals surface area contributed by atoms with Crippen molar-refractivity contribution in [3.63, 3.8) is 0 Å². The van der Waals surface area contributed by atoms with Gasteiger partial charge in [0, 0.05) is 0 Å². The van der Waals surface area contributed by atoms with Crippen molar-refractivity contribution in [2.24, 2.45) is 5.09 Å². The fraction of sp³-hybridized carbons (Fsp3) is 0. The number of halogens is 1. The van der Waals surface area contributed by atoms with Gasteiger partial charge in [-0.15, -0.1) is 0 Å². The SMILES string of the molecule is O=N[BH2-]Cl. The van der Waals surface area contributed by atoms with Gasteiger partial charge in [-0.2, -0.15) is 0 Å². The molecule has 0 saturated carbocycles. The van der Waals surface area contributed by atoms with Crippen LogP contribution < -0.4 is 0 Å². The van der Waals surface area contributed by atoms with Crippen LogP contribution in [0.2, 0.25) is 0 Å². The number of nitrogens with zero attached hydrogens (tertiary/aromatic N) is 1. The second kappa shape index (κ2) is 2.95. The van der Waals surface area contributed by atoms with E-state index in [1.54, 1.807) is 0 Å². The average molecular weight is 78.3 g/mol. The van der Waals surface area contributed by atoms with Crippen molar-refractivity contribution >= 4 is 18.3 Å². The molecule has 0 aromatic carbocycles. The predicted molar refractivity (Wildman–Crippen MR) is 20.2 cm³/mol. The van der Waals surface area contributed by atoms with Crippen LogP contribution in [0.25, 0.3) is 0 Å². The highest BCUT2D eigenvalue weighted by atomic mass is 35.5. The van der Waals surface area contributed by atoms with Crippen molar-refractivity contribution in [2.75, 3.05) is 0 Å². The second-order valence-electron chi connectivity index (χ2n) is 0.352. The predicted octanol–water partition coefficient (Wildman–Crippen LogP) is -0.00960. The molecular weight excluding hydrogens is 76.3 g/mol. The number of hydrogen-bond donors (Lipinski definition) is 0. The zero-order valence-corrected chi connectivity index (χ0v) is 2.99. The van der Waals surface area contributed by atoms with Crippen LogP contribution in [0.4, 0.5) is 0 Å². The summed E-state index contributed by atoms with van der Waals surface area (Å²) in [6, 6.07) is 0. The lowest BCUT2D eigenvalue weighted by Gasteiger charge is -1.61. The standard InChI is InChI=1S/BClH2NO/c2-1-3-4/h1H2/q-1. The summed E-state index contributed by atoms with van der Waals surface area (Å²) in [7, 11) is 0. The summed E-state index contributed by atoms with van der Waals surface area (Å²) < 4.78 is 0. The van der Waals surface area contributed by atoms with Crippen LogP contribution in [0.15, 0.2) is 5.09 Å². The number of nitroso groups, excluding NO2 is 1. The lowest BCUT2D eigenvalue weighted by atomic mass is 10.5. The van der Waals surface area contributed by atoms with Crippen LogP contribution >= 0.6 is 11.5 Å². The van der Waals surface area contributed by atoms with E-state index >= 15 is 0 Å². The highest BCUT2D eigenvalue weighted by molar-refractivity contribution is 6.92. The van der Waals surface area contributed by atoms with Crippen LogP contribution in [-0.4, -0.2) is 6.83 Å². The van der Waals surface area contributed by atoms with E-state index in [0.29, 0.717) is 0 Å². The van der Waals surface area contributed by atoms with Crippen LogP contribution in [-0.2, 0) is 0 Å². The van der Waals surface area contributed by atoms with E-state index in [0.717, 1.165) is 0 Å². The maximum atomic E-state index is 8.85. The summed E-state index contributed by atoms with van der Waals surface area (Å²) in [6.07, 6.45) is 0. The zero-order valence-electron chi connectivity index (χ0n) is 2.23. The summed E-state index contributed by atoms with van der Waals surface area (Å²) >= 11 is 4.83. The Balaban J connectivity index is 2.30. The van der Waals surface area contributed by atoms with Crippen LogP contribution in [0, 0.1) is 4.91 Å². The fourth-order valence-corrected chi connectivity index (χ4v) is 0. The van der Waals surface area contributed by atoms with E-state index in [1.807, 2.05) is 0 Å². The molecule has 0 saturated heterocycles. The van der Waals surface area contributed by atoms with Crippen molar-refractivity contribution in [2.45, 2.75) is 0 Å². The molecule has 4 heavy (non-hydrogen) atoms. The molecule has 0 heterocycles. The molecule has 2 nitrogen and oxygen atoms in total. The van der Waals surface area contributed by atoms with Crippen molar-refractivity contribution in [1.29, 1.82) is 0 Å². The summed E-state index contributed by atoms with van der Waals surface area (Å²) in [5.74, 6) is 0. The molecule has 0 aromatic rings. The van der Waals surface area contributed by atoms with Gasteiger partial charge in [-0.05, 0) is 0 Å². The fourth-order valence-electron chi connectivity index (χ4n) is 0. The van der Waals surface area contributed by atoms with Crippen LogP contribution in [0.1, 0.15) is 0 Å². The van der Waals surface area contributed by atoms with Crippen molar-refractivity contribution in [3.05, 3.63) is 4.91 Å². The van der Waals surface area contributed by atoms with Gasteiger partial charge in [0.2, 0.25) is 6.83 Å². The van der Waals surface area contributed by atoms with Gasteiger partial charge >= 0.3 is 0 Å². The van der Waals surface area contributed by atoms with Gasteiger partial charge in [0.1, 0.15) is 0 Å². The first-order valence-corrected chi connectivity index (χ1v) is 1.76. The van der Waals surface area contributed by atoms with E-state index in [1.165, 1.54) is 0 Å². The molecule has 0 unspecified atom stereocenters. The Morgan fingerprint density at radius 3 is 2.25 bits per heavy atom. The first-order chi connectivity index (χ1) is 1.91. The Bertz CT molecular complexity index is 22.0. The van der Waals surface area contributed by atoms with Gasteiger partial charge < -0.3 is 11.5 Å². The Hall–Kier alpha value is -0.0451. The van der Waals surface area contributed by atoms with E-state index in [-0.39, 0.29) is 0 Å². The summed E-state index contributed by atoms with van der Waals surface area (Å²) in [6.45, 7) is -0.944. The maximum Gasteiger partial charge on any atom is 0.211 e.